The fourth-order valence-corrected chi connectivity index (χ4v) is 2.75. The summed E-state index contributed by atoms with van der Waals surface area (Å²) in [6, 6.07) is 5.33. The minimum absolute atomic E-state index is 0.227. The number of rotatable bonds is 7. The maximum atomic E-state index is 9.96. The number of aromatic hydroxyl groups is 2. The third kappa shape index (κ3) is 5.86. The van der Waals surface area contributed by atoms with Gasteiger partial charge in [0.2, 0.25) is 0 Å². The molecule has 3 nitrogen and oxygen atoms in total. The van der Waals surface area contributed by atoms with E-state index in [0.717, 1.165) is 36.1 Å². The molecule has 0 spiro atoms. The molecule has 25 heavy (non-hydrogen) atoms. The number of hydrogen-bond acceptors (Lipinski definition) is 3. The van der Waals surface area contributed by atoms with Crippen LogP contribution in [0.15, 0.2) is 52.2 Å². The fourth-order valence-electron chi connectivity index (χ4n) is 2.75. The van der Waals surface area contributed by atoms with Crippen molar-refractivity contribution in [1.82, 2.24) is 0 Å². The number of phenols is 2. The van der Waals surface area contributed by atoms with Gasteiger partial charge in [-0.05, 0) is 76.3 Å². The number of furan rings is 1. The third-order valence-corrected chi connectivity index (χ3v) is 4.34. The van der Waals surface area contributed by atoms with Gasteiger partial charge in [-0.2, -0.15) is 0 Å². The van der Waals surface area contributed by atoms with Gasteiger partial charge >= 0.3 is 0 Å². The van der Waals surface area contributed by atoms with Gasteiger partial charge in [0.05, 0.1) is 6.26 Å². The normalized spacial score (nSPS) is 12.6. The van der Waals surface area contributed by atoms with E-state index in [9.17, 15) is 10.2 Å². The Kier molecular flexibility index (Phi) is 6.51. The van der Waals surface area contributed by atoms with Crippen molar-refractivity contribution in [2.45, 2.75) is 53.4 Å². The summed E-state index contributed by atoms with van der Waals surface area (Å²) < 4.78 is 5.48. The van der Waals surface area contributed by atoms with Gasteiger partial charge in [-0.15, -0.1) is 0 Å². The van der Waals surface area contributed by atoms with Crippen LogP contribution in [-0.4, -0.2) is 10.2 Å². The zero-order valence-electron chi connectivity index (χ0n) is 15.6. The first-order valence-electron chi connectivity index (χ1n) is 8.72. The number of phenolic OH excluding ortho intramolecular Hbond substituents is 2. The Bertz CT molecular complexity index is 779. The Morgan fingerprint density at radius 1 is 1.00 bits per heavy atom. The number of benzene rings is 1. The molecule has 2 aromatic rings. The Balaban J connectivity index is 1.85. The molecule has 3 heteroatoms. The van der Waals surface area contributed by atoms with Crippen molar-refractivity contribution in [2.75, 3.05) is 0 Å². The van der Waals surface area contributed by atoms with E-state index >= 15 is 0 Å². The molecule has 1 aromatic heterocycles. The molecule has 0 fully saturated rings. The zero-order valence-corrected chi connectivity index (χ0v) is 15.6. The van der Waals surface area contributed by atoms with Crippen molar-refractivity contribution >= 4 is 0 Å². The topological polar surface area (TPSA) is 53.6 Å². The Hall–Kier alpha value is -2.42. The van der Waals surface area contributed by atoms with Gasteiger partial charge in [-0.25, -0.2) is 0 Å². The lowest BCUT2D eigenvalue weighted by Gasteiger charge is -2.06. The van der Waals surface area contributed by atoms with E-state index in [4.69, 9.17) is 4.42 Å². The molecule has 134 valence electrons. The highest BCUT2D eigenvalue weighted by atomic mass is 16.3. The molecule has 1 aromatic carbocycles. The van der Waals surface area contributed by atoms with E-state index in [1.807, 2.05) is 6.92 Å². The molecular formula is C22H28O3. The average Bonchev–Trinajstić information content (AvgIpc) is 2.94. The van der Waals surface area contributed by atoms with E-state index in [0.29, 0.717) is 12.0 Å². The molecule has 0 bridgehead atoms. The second-order valence-electron chi connectivity index (χ2n) is 6.88. The number of hydrogen-bond donors (Lipinski definition) is 2. The van der Waals surface area contributed by atoms with Crippen LogP contribution < -0.4 is 0 Å². The fraction of sp³-hybridized carbons (Fsp3) is 0.364. The standard InChI is InChI=1S/C22H28O3/c1-15(8-9-19-13-21(23)18(4)12-22(19)24)6-5-7-16(2)10-20-11-17(3)14-25-20/h7-8,11-14,23-24H,5-6,9-10H2,1-4H3/b15-8+,16-7+. The zero-order chi connectivity index (χ0) is 18.4. The van der Waals surface area contributed by atoms with Crippen LogP contribution in [0.5, 0.6) is 11.5 Å². The summed E-state index contributed by atoms with van der Waals surface area (Å²) in [5, 5.41) is 19.7. The summed E-state index contributed by atoms with van der Waals surface area (Å²) >= 11 is 0. The number of aryl methyl sites for hydroxylation is 2. The highest BCUT2D eigenvalue weighted by Crippen LogP contribution is 2.27. The van der Waals surface area contributed by atoms with Crippen molar-refractivity contribution in [3.63, 3.8) is 0 Å². The van der Waals surface area contributed by atoms with Crippen LogP contribution in [0, 0.1) is 13.8 Å². The third-order valence-electron chi connectivity index (χ3n) is 4.34. The second kappa shape index (κ2) is 8.61. The van der Waals surface area contributed by atoms with Crippen LogP contribution in [0.3, 0.4) is 0 Å². The minimum Gasteiger partial charge on any atom is -0.508 e. The van der Waals surface area contributed by atoms with Crippen molar-refractivity contribution in [1.29, 1.82) is 0 Å². The van der Waals surface area contributed by atoms with E-state index in [-0.39, 0.29) is 11.5 Å². The molecule has 0 saturated carbocycles. The van der Waals surface area contributed by atoms with Gasteiger partial charge in [0, 0.05) is 12.0 Å². The molecule has 0 unspecified atom stereocenters. The molecule has 0 atom stereocenters. The Labute approximate surface area is 150 Å². The molecule has 2 rings (SSSR count). The van der Waals surface area contributed by atoms with Crippen LogP contribution in [0.25, 0.3) is 0 Å². The molecule has 1 heterocycles. The lowest BCUT2D eigenvalue weighted by atomic mass is 10.0. The maximum Gasteiger partial charge on any atom is 0.119 e. The summed E-state index contributed by atoms with van der Waals surface area (Å²) in [7, 11) is 0. The molecule has 0 aliphatic carbocycles. The highest BCUT2D eigenvalue weighted by molar-refractivity contribution is 5.45. The maximum absolute atomic E-state index is 9.96. The molecule has 0 aliphatic heterocycles. The summed E-state index contributed by atoms with van der Waals surface area (Å²) in [6.07, 6.45) is 9.60. The van der Waals surface area contributed by atoms with Gasteiger partial charge in [0.1, 0.15) is 17.3 Å². The Morgan fingerprint density at radius 3 is 2.44 bits per heavy atom. The van der Waals surface area contributed by atoms with Gasteiger partial charge < -0.3 is 14.6 Å². The van der Waals surface area contributed by atoms with E-state index in [1.54, 1.807) is 25.3 Å². The first kappa shape index (κ1) is 18.9. The number of allylic oxidation sites excluding steroid dienone is 4. The molecule has 0 radical (unpaired) electrons. The summed E-state index contributed by atoms with van der Waals surface area (Å²) in [4.78, 5) is 0. The van der Waals surface area contributed by atoms with Gasteiger partial charge in [0.25, 0.3) is 0 Å². The first-order valence-corrected chi connectivity index (χ1v) is 8.72. The molecule has 0 aliphatic rings. The molecule has 0 amide bonds. The summed E-state index contributed by atoms with van der Waals surface area (Å²) in [5.74, 6) is 1.47. The minimum atomic E-state index is 0.227. The molecular weight excluding hydrogens is 312 g/mol. The summed E-state index contributed by atoms with van der Waals surface area (Å²) in [5.41, 5.74) is 5.18. The SMILES string of the molecule is C/C(=C\Cc1cc(O)c(C)cc1O)CC/C=C(\C)Cc1cc(C)co1. The van der Waals surface area contributed by atoms with E-state index in [2.05, 4.69) is 32.1 Å². The monoisotopic (exact) mass is 340 g/mol. The average molecular weight is 340 g/mol. The Morgan fingerprint density at radius 2 is 1.76 bits per heavy atom. The van der Waals surface area contributed by atoms with E-state index in [1.165, 1.54) is 11.1 Å². The molecule has 0 saturated heterocycles. The molecule has 2 N–H and O–H groups in total. The smallest absolute Gasteiger partial charge is 0.119 e. The predicted octanol–water partition coefficient (Wildman–Crippen LogP) is 5.77. The van der Waals surface area contributed by atoms with Crippen molar-refractivity contribution in [3.05, 3.63) is 70.2 Å². The largest absolute Gasteiger partial charge is 0.508 e. The first-order chi connectivity index (χ1) is 11.8. The predicted molar refractivity (Wildman–Crippen MR) is 102 cm³/mol. The van der Waals surface area contributed by atoms with Gasteiger partial charge in [0.15, 0.2) is 0 Å². The highest BCUT2D eigenvalue weighted by Gasteiger charge is 2.05. The van der Waals surface area contributed by atoms with Crippen LogP contribution in [-0.2, 0) is 12.8 Å². The van der Waals surface area contributed by atoms with Crippen LogP contribution in [0.1, 0.15) is 49.1 Å². The van der Waals surface area contributed by atoms with Gasteiger partial charge in [-0.3, -0.25) is 0 Å². The lowest BCUT2D eigenvalue weighted by Crippen LogP contribution is -1.88. The van der Waals surface area contributed by atoms with Crippen LogP contribution in [0.2, 0.25) is 0 Å². The van der Waals surface area contributed by atoms with Crippen molar-refractivity contribution in [2.24, 2.45) is 0 Å². The van der Waals surface area contributed by atoms with Crippen molar-refractivity contribution in [3.8, 4) is 11.5 Å². The van der Waals surface area contributed by atoms with Crippen LogP contribution in [0.4, 0.5) is 0 Å². The summed E-state index contributed by atoms with van der Waals surface area (Å²) in [6.45, 7) is 8.04. The lowest BCUT2D eigenvalue weighted by molar-refractivity contribution is 0.452. The van der Waals surface area contributed by atoms with E-state index < -0.39 is 0 Å². The van der Waals surface area contributed by atoms with Crippen LogP contribution >= 0.6 is 0 Å². The van der Waals surface area contributed by atoms with Gasteiger partial charge in [-0.1, -0.05) is 23.3 Å². The second-order valence-corrected chi connectivity index (χ2v) is 6.88. The quantitative estimate of drug-likeness (QED) is 0.497. The van der Waals surface area contributed by atoms with Crippen molar-refractivity contribution < 1.29 is 14.6 Å².